The molecule has 1 aliphatic rings. The highest BCUT2D eigenvalue weighted by molar-refractivity contribution is 5.94. The van der Waals surface area contributed by atoms with Crippen LogP contribution in [0.5, 0.6) is 0 Å². The molecule has 1 aromatic rings. The molecule has 6 heteroatoms. The molecule has 1 unspecified atom stereocenters. The van der Waals surface area contributed by atoms with Crippen molar-refractivity contribution in [3.8, 4) is 0 Å². The Hall–Kier alpha value is -1.56. The van der Waals surface area contributed by atoms with Crippen LogP contribution in [-0.4, -0.2) is 37.0 Å². The molecule has 1 aliphatic heterocycles. The van der Waals surface area contributed by atoms with Crippen molar-refractivity contribution >= 4 is 5.91 Å². The van der Waals surface area contributed by atoms with E-state index in [2.05, 4.69) is 17.1 Å². The maximum absolute atomic E-state index is 13.0. The number of carbonyl (C=O) groups is 1. The Kier molecular flexibility index (Phi) is 4.65. The number of likely N-dealkylation sites (tertiary alicyclic amines) is 1. The largest absolute Gasteiger partial charge is 0.352 e. The number of rotatable bonds is 4. The average Bonchev–Trinajstić information content (AvgIpc) is 2.89. The predicted molar refractivity (Wildman–Crippen MR) is 68.9 cm³/mol. The van der Waals surface area contributed by atoms with Crippen molar-refractivity contribution in [2.24, 2.45) is 5.92 Å². The average molecular weight is 286 g/mol. The number of hydrogen-bond donors (Lipinski definition) is 1. The standard InChI is InChI=1S/C14H17F3N2O/c1-2-19-4-3-9(8-19)7-18-14(20)10-5-11(15)13(17)12(16)6-10/h5-6,9H,2-4,7-8H2,1H3,(H,18,20). The SMILES string of the molecule is CCN1CCC(CNC(=O)c2cc(F)c(F)c(F)c2)C1. The van der Waals surface area contributed by atoms with Crippen molar-refractivity contribution in [3.63, 3.8) is 0 Å². The first kappa shape index (κ1) is 14.8. The van der Waals surface area contributed by atoms with Gasteiger partial charge in [0.05, 0.1) is 0 Å². The second-order valence-electron chi connectivity index (χ2n) is 5.01. The number of amides is 1. The van der Waals surface area contributed by atoms with Crippen LogP contribution in [0.15, 0.2) is 12.1 Å². The van der Waals surface area contributed by atoms with Crippen molar-refractivity contribution in [3.05, 3.63) is 35.1 Å². The Bertz CT molecular complexity index is 484. The Morgan fingerprint density at radius 1 is 1.35 bits per heavy atom. The maximum Gasteiger partial charge on any atom is 0.251 e. The topological polar surface area (TPSA) is 32.3 Å². The van der Waals surface area contributed by atoms with Crippen LogP contribution < -0.4 is 5.32 Å². The number of nitrogens with zero attached hydrogens (tertiary/aromatic N) is 1. The molecule has 1 N–H and O–H groups in total. The molecule has 110 valence electrons. The van der Waals surface area contributed by atoms with Gasteiger partial charge in [0, 0.05) is 18.7 Å². The number of halogens is 3. The quantitative estimate of drug-likeness (QED) is 0.860. The zero-order chi connectivity index (χ0) is 14.7. The summed E-state index contributed by atoms with van der Waals surface area (Å²) < 4.78 is 38.9. The van der Waals surface area contributed by atoms with E-state index < -0.39 is 23.4 Å². The van der Waals surface area contributed by atoms with E-state index in [1.165, 1.54) is 0 Å². The highest BCUT2D eigenvalue weighted by Gasteiger charge is 2.22. The van der Waals surface area contributed by atoms with Gasteiger partial charge in [-0.05, 0) is 37.6 Å². The van der Waals surface area contributed by atoms with Crippen LogP contribution in [0.4, 0.5) is 13.2 Å². The molecule has 1 aromatic carbocycles. The normalized spacial score (nSPS) is 19.3. The molecule has 1 fully saturated rings. The number of benzene rings is 1. The lowest BCUT2D eigenvalue weighted by Crippen LogP contribution is -2.31. The van der Waals surface area contributed by atoms with Crippen molar-refractivity contribution in [1.82, 2.24) is 10.2 Å². The minimum Gasteiger partial charge on any atom is -0.352 e. The Morgan fingerprint density at radius 2 is 2.00 bits per heavy atom. The minimum absolute atomic E-state index is 0.202. The van der Waals surface area contributed by atoms with Crippen LogP contribution in [0.2, 0.25) is 0 Å². The van der Waals surface area contributed by atoms with Gasteiger partial charge in [0.2, 0.25) is 0 Å². The van der Waals surface area contributed by atoms with E-state index in [0.717, 1.165) is 26.1 Å². The zero-order valence-corrected chi connectivity index (χ0v) is 11.3. The lowest BCUT2D eigenvalue weighted by molar-refractivity contribution is 0.0946. The fourth-order valence-corrected chi connectivity index (χ4v) is 2.39. The summed E-state index contributed by atoms with van der Waals surface area (Å²) in [7, 11) is 0. The molecular formula is C14H17F3N2O. The summed E-state index contributed by atoms with van der Waals surface area (Å²) in [6.07, 6.45) is 0.986. The molecule has 0 saturated carbocycles. The first-order valence-electron chi connectivity index (χ1n) is 6.66. The molecule has 0 radical (unpaired) electrons. The monoisotopic (exact) mass is 286 g/mol. The van der Waals surface area contributed by atoms with Crippen LogP contribution in [0.1, 0.15) is 23.7 Å². The summed E-state index contributed by atoms with van der Waals surface area (Å²) in [6, 6.07) is 1.42. The van der Waals surface area contributed by atoms with Gasteiger partial charge in [-0.1, -0.05) is 6.92 Å². The van der Waals surface area contributed by atoms with Crippen LogP contribution in [0, 0.1) is 23.4 Å². The molecule has 1 atom stereocenters. The van der Waals surface area contributed by atoms with Gasteiger partial charge in [-0.25, -0.2) is 13.2 Å². The van der Waals surface area contributed by atoms with Gasteiger partial charge in [0.15, 0.2) is 17.5 Å². The summed E-state index contributed by atoms with van der Waals surface area (Å²) in [4.78, 5) is 14.1. The molecule has 2 rings (SSSR count). The van der Waals surface area contributed by atoms with E-state index in [1.807, 2.05) is 0 Å². The lowest BCUT2D eigenvalue weighted by atomic mass is 10.1. The van der Waals surface area contributed by atoms with E-state index >= 15 is 0 Å². The van der Waals surface area contributed by atoms with Crippen molar-refractivity contribution in [2.75, 3.05) is 26.2 Å². The summed E-state index contributed by atoms with van der Waals surface area (Å²) in [6.45, 7) is 5.40. The smallest absolute Gasteiger partial charge is 0.251 e. The summed E-state index contributed by atoms with van der Waals surface area (Å²) in [5, 5.41) is 2.64. The van der Waals surface area contributed by atoms with Gasteiger partial charge in [-0.15, -0.1) is 0 Å². The van der Waals surface area contributed by atoms with Gasteiger partial charge < -0.3 is 10.2 Å². The fraction of sp³-hybridized carbons (Fsp3) is 0.500. The Balaban J connectivity index is 1.92. The molecule has 20 heavy (non-hydrogen) atoms. The third-order valence-electron chi connectivity index (χ3n) is 3.61. The molecule has 0 bridgehead atoms. The summed E-state index contributed by atoms with van der Waals surface area (Å²) in [5.74, 6) is -4.51. The number of nitrogens with one attached hydrogen (secondary N) is 1. The van der Waals surface area contributed by atoms with E-state index in [4.69, 9.17) is 0 Å². The molecule has 0 aromatic heterocycles. The van der Waals surface area contributed by atoms with Gasteiger partial charge in [0.1, 0.15) is 0 Å². The molecular weight excluding hydrogens is 269 g/mol. The third-order valence-corrected chi connectivity index (χ3v) is 3.61. The fourth-order valence-electron chi connectivity index (χ4n) is 2.39. The maximum atomic E-state index is 13.0. The Morgan fingerprint density at radius 3 is 2.55 bits per heavy atom. The third kappa shape index (κ3) is 3.30. The molecule has 1 saturated heterocycles. The van der Waals surface area contributed by atoms with Gasteiger partial charge in [-0.3, -0.25) is 4.79 Å². The summed E-state index contributed by atoms with van der Waals surface area (Å²) in [5.41, 5.74) is -0.202. The molecule has 1 heterocycles. The van der Waals surface area contributed by atoms with Crippen molar-refractivity contribution in [2.45, 2.75) is 13.3 Å². The van der Waals surface area contributed by atoms with E-state index in [9.17, 15) is 18.0 Å². The molecule has 3 nitrogen and oxygen atoms in total. The first-order valence-corrected chi connectivity index (χ1v) is 6.66. The zero-order valence-electron chi connectivity index (χ0n) is 11.3. The predicted octanol–water partition coefficient (Wildman–Crippen LogP) is 2.18. The second kappa shape index (κ2) is 6.26. The number of hydrogen-bond acceptors (Lipinski definition) is 2. The first-order chi connectivity index (χ1) is 9.51. The van der Waals surface area contributed by atoms with Crippen molar-refractivity contribution in [1.29, 1.82) is 0 Å². The van der Waals surface area contributed by atoms with Crippen molar-refractivity contribution < 1.29 is 18.0 Å². The number of carbonyl (C=O) groups excluding carboxylic acids is 1. The van der Waals surface area contributed by atoms with Crippen LogP contribution in [0.25, 0.3) is 0 Å². The molecule has 1 amide bonds. The lowest BCUT2D eigenvalue weighted by Gasteiger charge is -2.13. The van der Waals surface area contributed by atoms with E-state index in [0.29, 0.717) is 24.6 Å². The molecule has 0 spiro atoms. The molecule has 0 aliphatic carbocycles. The van der Waals surface area contributed by atoms with Gasteiger partial charge >= 0.3 is 0 Å². The van der Waals surface area contributed by atoms with Gasteiger partial charge in [-0.2, -0.15) is 0 Å². The summed E-state index contributed by atoms with van der Waals surface area (Å²) >= 11 is 0. The van der Waals surface area contributed by atoms with E-state index in [-0.39, 0.29) is 5.56 Å². The van der Waals surface area contributed by atoms with Gasteiger partial charge in [0.25, 0.3) is 5.91 Å². The highest BCUT2D eigenvalue weighted by atomic mass is 19.2. The Labute approximate surface area is 115 Å². The van der Waals surface area contributed by atoms with Crippen LogP contribution >= 0.6 is 0 Å². The second-order valence-corrected chi connectivity index (χ2v) is 5.01. The van der Waals surface area contributed by atoms with Crippen LogP contribution in [-0.2, 0) is 0 Å². The van der Waals surface area contributed by atoms with Crippen LogP contribution in [0.3, 0.4) is 0 Å². The highest BCUT2D eigenvalue weighted by Crippen LogP contribution is 2.16. The minimum atomic E-state index is -1.56. The van der Waals surface area contributed by atoms with E-state index in [1.54, 1.807) is 0 Å².